The van der Waals surface area contributed by atoms with E-state index in [-0.39, 0.29) is 5.91 Å². The van der Waals surface area contributed by atoms with Crippen LogP contribution in [0.2, 0.25) is 5.02 Å². The Hall–Kier alpha value is -2.44. The average molecular weight is 329 g/mol. The maximum absolute atomic E-state index is 12.3. The summed E-state index contributed by atoms with van der Waals surface area (Å²) in [5, 5.41) is 8.19. The van der Waals surface area contributed by atoms with E-state index in [1.807, 2.05) is 30.3 Å². The number of anilines is 1. The van der Waals surface area contributed by atoms with Gasteiger partial charge in [-0.3, -0.25) is 10.1 Å². The number of carbonyl (C=O) groups excluding carboxylic acids is 1. The number of nitrogens with one attached hydrogen (secondary N) is 1. The van der Waals surface area contributed by atoms with Gasteiger partial charge in [-0.1, -0.05) is 29.0 Å². The minimum Gasteiger partial charge on any atom is -0.296 e. The lowest BCUT2D eigenvalue weighted by molar-refractivity contribution is 0.102. The first-order valence-corrected chi connectivity index (χ1v) is 7.70. The van der Waals surface area contributed by atoms with Crippen molar-refractivity contribution in [3.05, 3.63) is 59.4 Å². The maximum atomic E-state index is 12.3. The van der Waals surface area contributed by atoms with E-state index in [2.05, 4.69) is 15.4 Å². The second-order valence-electron chi connectivity index (χ2n) is 4.68. The molecule has 0 unspecified atom stereocenters. The van der Waals surface area contributed by atoms with E-state index in [4.69, 9.17) is 11.6 Å². The highest BCUT2D eigenvalue weighted by atomic mass is 35.5. The second-order valence-corrected chi connectivity index (χ2v) is 6.15. The fourth-order valence-corrected chi connectivity index (χ4v) is 3.30. The molecule has 4 rings (SSSR count). The lowest BCUT2D eigenvalue weighted by Crippen LogP contribution is -2.12. The molecule has 0 fully saturated rings. The lowest BCUT2D eigenvalue weighted by atomic mass is 10.3. The number of hydrogen-bond acceptors (Lipinski definition) is 4. The number of nitrogens with zero attached hydrogens (tertiary/aromatic N) is 3. The first-order chi connectivity index (χ1) is 10.7. The van der Waals surface area contributed by atoms with Gasteiger partial charge in [0.05, 0.1) is 15.7 Å². The zero-order valence-electron chi connectivity index (χ0n) is 11.2. The van der Waals surface area contributed by atoms with Crippen LogP contribution in [0.5, 0.6) is 0 Å². The van der Waals surface area contributed by atoms with Gasteiger partial charge in [0, 0.05) is 11.2 Å². The molecule has 5 nitrogen and oxygen atoms in total. The molecule has 0 bridgehead atoms. The summed E-state index contributed by atoms with van der Waals surface area (Å²) in [6.45, 7) is 0. The van der Waals surface area contributed by atoms with Crippen LogP contribution in [0.3, 0.4) is 0 Å². The summed E-state index contributed by atoms with van der Waals surface area (Å²) < 4.78 is 2.59. The van der Waals surface area contributed by atoms with Crippen LogP contribution in [0.15, 0.2) is 48.7 Å². The van der Waals surface area contributed by atoms with Crippen LogP contribution in [0.25, 0.3) is 15.7 Å². The highest BCUT2D eigenvalue weighted by molar-refractivity contribution is 7.22. The van der Waals surface area contributed by atoms with Crippen molar-refractivity contribution in [2.24, 2.45) is 0 Å². The third kappa shape index (κ3) is 2.32. The van der Waals surface area contributed by atoms with Crippen LogP contribution < -0.4 is 5.32 Å². The Morgan fingerprint density at radius 2 is 2.14 bits per heavy atom. The molecular formula is C15H9ClN4OS. The third-order valence-electron chi connectivity index (χ3n) is 3.17. The van der Waals surface area contributed by atoms with Gasteiger partial charge in [0.2, 0.25) is 0 Å². The van der Waals surface area contributed by atoms with Gasteiger partial charge < -0.3 is 0 Å². The minimum atomic E-state index is -0.283. The van der Waals surface area contributed by atoms with Crippen LogP contribution in [-0.4, -0.2) is 20.5 Å². The molecule has 4 aromatic rings. The number of aromatic nitrogens is 3. The van der Waals surface area contributed by atoms with Crippen molar-refractivity contribution in [3.8, 4) is 0 Å². The van der Waals surface area contributed by atoms with Crippen molar-refractivity contribution in [3.63, 3.8) is 0 Å². The number of amides is 1. The van der Waals surface area contributed by atoms with E-state index in [1.165, 1.54) is 11.3 Å². The Bertz CT molecular complexity index is 974. The number of carbonyl (C=O) groups is 1. The van der Waals surface area contributed by atoms with Gasteiger partial charge in [-0.05, 0) is 36.4 Å². The molecule has 0 aliphatic carbocycles. The summed E-state index contributed by atoms with van der Waals surface area (Å²) >= 11 is 7.33. The molecule has 0 radical (unpaired) electrons. The molecule has 7 heteroatoms. The predicted molar refractivity (Wildman–Crippen MR) is 87.8 cm³/mol. The van der Waals surface area contributed by atoms with Gasteiger partial charge in [0.1, 0.15) is 0 Å². The van der Waals surface area contributed by atoms with Gasteiger partial charge in [0.15, 0.2) is 10.8 Å². The molecule has 0 aliphatic rings. The van der Waals surface area contributed by atoms with Gasteiger partial charge in [-0.25, -0.2) is 9.50 Å². The van der Waals surface area contributed by atoms with Crippen LogP contribution in [-0.2, 0) is 0 Å². The molecule has 1 amide bonds. The van der Waals surface area contributed by atoms with E-state index in [0.717, 1.165) is 15.7 Å². The fourth-order valence-electron chi connectivity index (χ4n) is 2.16. The zero-order valence-corrected chi connectivity index (χ0v) is 12.7. The predicted octanol–water partition coefficient (Wildman–Crippen LogP) is 3.85. The highest BCUT2D eigenvalue weighted by Gasteiger charge is 2.13. The summed E-state index contributed by atoms with van der Waals surface area (Å²) in [5.41, 5.74) is 2.02. The Morgan fingerprint density at radius 1 is 1.23 bits per heavy atom. The zero-order chi connectivity index (χ0) is 15.1. The Labute approximate surface area is 134 Å². The van der Waals surface area contributed by atoms with E-state index in [1.54, 1.807) is 22.8 Å². The van der Waals surface area contributed by atoms with Crippen molar-refractivity contribution >= 4 is 49.7 Å². The van der Waals surface area contributed by atoms with Crippen molar-refractivity contribution in [2.75, 3.05) is 5.32 Å². The molecule has 0 atom stereocenters. The molecule has 108 valence electrons. The number of fused-ring (bicyclic) bond motifs is 2. The number of pyridine rings is 1. The molecule has 0 aliphatic heterocycles. The smallest absolute Gasteiger partial charge is 0.277 e. The quantitative estimate of drug-likeness (QED) is 0.608. The second kappa shape index (κ2) is 5.08. The number of benzene rings is 1. The monoisotopic (exact) mass is 328 g/mol. The first-order valence-electron chi connectivity index (χ1n) is 6.51. The van der Waals surface area contributed by atoms with Crippen LogP contribution in [0, 0.1) is 0 Å². The van der Waals surface area contributed by atoms with E-state index >= 15 is 0 Å². The average Bonchev–Trinajstić information content (AvgIpc) is 3.09. The van der Waals surface area contributed by atoms with Gasteiger partial charge in [0.25, 0.3) is 5.91 Å². The molecule has 3 aromatic heterocycles. The number of thiazole rings is 1. The number of hydrogen-bond donors (Lipinski definition) is 1. The summed E-state index contributed by atoms with van der Waals surface area (Å²) in [6.07, 6.45) is 1.80. The summed E-state index contributed by atoms with van der Waals surface area (Å²) in [6, 6.07) is 12.8. The molecule has 3 heterocycles. The third-order valence-corrected chi connectivity index (χ3v) is 4.34. The standard InChI is InChI=1S/C15H9ClN4OS/c16-9-4-5-11-13(7-9)22-15(17-11)18-14(21)12-8-10-3-1-2-6-20(10)19-12/h1-8H,(H,17,18,21). The summed E-state index contributed by atoms with van der Waals surface area (Å²) in [5.74, 6) is -0.283. The van der Waals surface area contributed by atoms with Crippen LogP contribution >= 0.6 is 22.9 Å². The summed E-state index contributed by atoms with van der Waals surface area (Å²) in [4.78, 5) is 16.6. The number of rotatable bonds is 2. The van der Waals surface area contributed by atoms with E-state index < -0.39 is 0 Å². The molecule has 1 aromatic carbocycles. The van der Waals surface area contributed by atoms with Gasteiger partial charge in [-0.2, -0.15) is 5.10 Å². The summed E-state index contributed by atoms with van der Waals surface area (Å²) in [7, 11) is 0. The normalized spacial score (nSPS) is 11.1. The first kappa shape index (κ1) is 13.2. The highest BCUT2D eigenvalue weighted by Crippen LogP contribution is 2.28. The fraction of sp³-hybridized carbons (Fsp3) is 0. The SMILES string of the molecule is O=C(Nc1nc2ccc(Cl)cc2s1)c1cc2ccccn2n1. The molecule has 0 saturated heterocycles. The molecule has 22 heavy (non-hydrogen) atoms. The van der Waals surface area contributed by atoms with Crippen LogP contribution in [0.4, 0.5) is 5.13 Å². The Balaban J connectivity index is 1.64. The van der Waals surface area contributed by atoms with Crippen molar-refractivity contribution in [2.45, 2.75) is 0 Å². The van der Waals surface area contributed by atoms with Gasteiger partial charge in [-0.15, -0.1) is 0 Å². The van der Waals surface area contributed by atoms with Crippen molar-refractivity contribution < 1.29 is 4.79 Å². The van der Waals surface area contributed by atoms with Crippen molar-refractivity contribution in [1.82, 2.24) is 14.6 Å². The Morgan fingerprint density at radius 3 is 3.00 bits per heavy atom. The molecule has 0 spiro atoms. The minimum absolute atomic E-state index is 0.283. The topological polar surface area (TPSA) is 59.3 Å². The molecular weight excluding hydrogens is 320 g/mol. The van der Waals surface area contributed by atoms with E-state index in [9.17, 15) is 4.79 Å². The van der Waals surface area contributed by atoms with E-state index in [0.29, 0.717) is 15.8 Å². The number of halogens is 1. The molecule has 0 saturated carbocycles. The molecule has 1 N–H and O–H groups in total. The maximum Gasteiger partial charge on any atom is 0.277 e. The van der Waals surface area contributed by atoms with Gasteiger partial charge >= 0.3 is 0 Å². The largest absolute Gasteiger partial charge is 0.296 e. The van der Waals surface area contributed by atoms with Crippen LogP contribution in [0.1, 0.15) is 10.5 Å². The lowest BCUT2D eigenvalue weighted by Gasteiger charge is -1.96. The Kier molecular flexibility index (Phi) is 3.06. The van der Waals surface area contributed by atoms with Crippen molar-refractivity contribution in [1.29, 1.82) is 0 Å².